The lowest BCUT2D eigenvalue weighted by atomic mass is 9.44. The molecule has 0 amide bonds. The van der Waals surface area contributed by atoms with Crippen LogP contribution in [-0.2, 0) is 4.74 Å². The predicted molar refractivity (Wildman–Crippen MR) is 131 cm³/mol. The van der Waals surface area contributed by atoms with Crippen LogP contribution in [-0.4, -0.2) is 28.3 Å². The van der Waals surface area contributed by atoms with Gasteiger partial charge in [0.2, 0.25) is 0 Å². The molecule has 7 unspecified atom stereocenters. The Balaban J connectivity index is 1.61. The fraction of sp³-hybridized carbons (Fsp3) is 0.667. The second-order valence-corrected chi connectivity index (χ2v) is 13.3. The molecule has 180 valence electrons. The first-order valence-electron chi connectivity index (χ1n) is 11.9. The van der Waals surface area contributed by atoms with Crippen LogP contribution in [0.3, 0.4) is 0 Å². The van der Waals surface area contributed by atoms with Crippen molar-refractivity contribution >= 4 is 23.2 Å². The van der Waals surface area contributed by atoms with Crippen LogP contribution in [0.1, 0.15) is 64.9 Å². The maximum atomic E-state index is 12.4. The molecular weight excluding hydrogens is 459 g/mol. The molecule has 0 aromatic carbocycles. The van der Waals surface area contributed by atoms with Crippen LogP contribution in [0, 0.1) is 28.1 Å². The highest BCUT2D eigenvalue weighted by Crippen LogP contribution is 2.73. The summed E-state index contributed by atoms with van der Waals surface area (Å²) < 4.78 is 9.81. The number of aliphatic hydroxyl groups is 1. The Labute approximate surface area is 206 Å². The molecule has 0 bridgehead atoms. The highest BCUT2D eigenvalue weighted by atomic mass is 35.5. The summed E-state index contributed by atoms with van der Waals surface area (Å²) in [5, 5.41) is 12.4. The van der Waals surface area contributed by atoms with Crippen molar-refractivity contribution in [3.63, 3.8) is 0 Å². The molecule has 33 heavy (non-hydrogen) atoms. The molecule has 4 aliphatic rings. The molecule has 2 saturated carbocycles. The smallest absolute Gasteiger partial charge is 0.335 e. The van der Waals surface area contributed by atoms with Crippen LogP contribution in [0.4, 0.5) is 0 Å². The van der Waals surface area contributed by atoms with Crippen molar-refractivity contribution in [2.45, 2.75) is 75.3 Å². The van der Waals surface area contributed by atoms with E-state index in [2.05, 4.69) is 45.9 Å². The zero-order valence-corrected chi connectivity index (χ0v) is 21.5. The molecular formula is C27H34Cl2O4. The van der Waals surface area contributed by atoms with Crippen LogP contribution in [0.25, 0.3) is 0 Å². The van der Waals surface area contributed by atoms with Gasteiger partial charge in [0.25, 0.3) is 0 Å². The van der Waals surface area contributed by atoms with Crippen molar-refractivity contribution in [1.82, 2.24) is 0 Å². The van der Waals surface area contributed by atoms with E-state index in [1.807, 2.05) is 0 Å². The summed E-state index contributed by atoms with van der Waals surface area (Å²) >= 11 is 14.0. The van der Waals surface area contributed by atoms with Crippen molar-refractivity contribution in [2.75, 3.05) is 7.11 Å². The number of allylic oxidation sites excluding steroid dienone is 2. The lowest BCUT2D eigenvalue weighted by Gasteiger charge is -2.61. The van der Waals surface area contributed by atoms with Crippen LogP contribution >= 0.6 is 23.2 Å². The average Bonchev–Trinajstić information content (AvgIpc) is 2.89. The Morgan fingerprint density at radius 1 is 1.18 bits per heavy atom. The second-order valence-electron chi connectivity index (χ2n) is 11.8. The van der Waals surface area contributed by atoms with Gasteiger partial charge in [-0.15, -0.1) is 23.2 Å². The van der Waals surface area contributed by atoms with Gasteiger partial charge in [0.05, 0.1) is 18.0 Å². The van der Waals surface area contributed by atoms with E-state index < -0.39 is 21.0 Å². The van der Waals surface area contributed by atoms with Gasteiger partial charge in [0.1, 0.15) is 4.33 Å². The normalized spacial score (nSPS) is 45.0. The number of alkyl halides is 2. The van der Waals surface area contributed by atoms with Gasteiger partial charge in [0, 0.05) is 30.9 Å². The maximum absolute atomic E-state index is 12.4. The van der Waals surface area contributed by atoms with Crippen LogP contribution in [0.2, 0.25) is 0 Å². The minimum Gasteiger partial charge on any atom is -0.431 e. The van der Waals surface area contributed by atoms with Gasteiger partial charge < -0.3 is 14.3 Å². The third kappa shape index (κ3) is 3.00. The summed E-state index contributed by atoms with van der Waals surface area (Å²) in [6.07, 6.45) is 11.2. The molecule has 4 nitrogen and oxygen atoms in total. The number of hydrogen-bond donors (Lipinski definition) is 1. The standard InChI is InChI=1S/C27H34Cl2O4/c1-23(2)19-8-7-18-17(24(19,3)12-11-20(23)32-5)10-13-25(4)22(16-6-9-21(30)33-14-16)27(28,29)15-26(18,25)31/h6-7,9,11-12,14,17,19-20,22,31H,8,10,13,15H2,1-5H3. The molecule has 0 spiro atoms. The summed E-state index contributed by atoms with van der Waals surface area (Å²) in [6.45, 7) is 9.04. The summed E-state index contributed by atoms with van der Waals surface area (Å²) in [7, 11) is 1.78. The van der Waals surface area contributed by atoms with Crippen molar-refractivity contribution in [2.24, 2.45) is 28.1 Å². The Morgan fingerprint density at radius 3 is 2.55 bits per heavy atom. The summed E-state index contributed by atoms with van der Waals surface area (Å²) in [4.78, 5) is 11.6. The van der Waals surface area contributed by atoms with Gasteiger partial charge in [-0.2, -0.15) is 0 Å². The van der Waals surface area contributed by atoms with Crippen LogP contribution in [0.5, 0.6) is 0 Å². The SMILES string of the molecule is COC1C=CC2(C)C3CCC4(C)C(c5ccc(=O)oc5)C(Cl)(Cl)CC4(O)C3=CCC2C1(C)C. The summed E-state index contributed by atoms with van der Waals surface area (Å²) in [5.74, 6) is 0.254. The third-order valence-electron chi connectivity index (χ3n) is 9.95. The highest BCUT2D eigenvalue weighted by molar-refractivity contribution is 6.49. The molecule has 5 rings (SSSR count). The van der Waals surface area contributed by atoms with E-state index in [0.717, 1.165) is 30.4 Å². The third-order valence-corrected chi connectivity index (χ3v) is 10.7. The van der Waals surface area contributed by atoms with E-state index in [1.165, 1.54) is 12.3 Å². The number of hydrogen-bond acceptors (Lipinski definition) is 4. The molecule has 1 heterocycles. The van der Waals surface area contributed by atoms with Crippen molar-refractivity contribution in [3.05, 3.63) is 58.2 Å². The van der Waals surface area contributed by atoms with Crippen LogP contribution in [0.15, 0.2) is 51.4 Å². The minimum absolute atomic E-state index is 0.0217. The zero-order chi connectivity index (χ0) is 24.0. The van der Waals surface area contributed by atoms with E-state index in [0.29, 0.717) is 5.92 Å². The van der Waals surface area contributed by atoms with Gasteiger partial charge in [-0.3, -0.25) is 0 Å². The van der Waals surface area contributed by atoms with Crippen LogP contribution < -0.4 is 5.63 Å². The molecule has 0 radical (unpaired) electrons. The highest BCUT2D eigenvalue weighted by Gasteiger charge is 2.72. The van der Waals surface area contributed by atoms with Crippen molar-refractivity contribution in [1.29, 1.82) is 0 Å². The zero-order valence-electron chi connectivity index (χ0n) is 20.0. The quantitative estimate of drug-likeness (QED) is 0.405. The Kier molecular flexibility index (Phi) is 5.18. The molecule has 1 N–H and O–H groups in total. The Bertz CT molecular complexity index is 1070. The largest absolute Gasteiger partial charge is 0.431 e. The summed E-state index contributed by atoms with van der Waals surface area (Å²) in [6, 6.07) is 3.14. The molecule has 0 saturated heterocycles. The molecule has 2 fully saturated rings. The molecule has 1 aromatic heterocycles. The van der Waals surface area contributed by atoms with Crippen molar-refractivity contribution in [3.8, 4) is 0 Å². The second kappa shape index (κ2) is 7.22. The predicted octanol–water partition coefficient (Wildman–Crippen LogP) is 6.01. The number of rotatable bonds is 2. The lowest BCUT2D eigenvalue weighted by Crippen LogP contribution is -2.59. The topological polar surface area (TPSA) is 59.7 Å². The van der Waals surface area contributed by atoms with Gasteiger partial charge in [0.15, 0.2) is 0 Å². The average molecular weight is 493 g/mol. The van der Waals surface area contributed by atoms with E-state index in [-0.39, 0.29) is 35.2 Å². The van der Waals surface area contributed by atoms with E-state index >= 15 is 0 Å². The van der Waals surface area contributed by atoms with E-state index in [1.54, 1.807) is 13.2 Å². The number of methoxy groups -OCH3 is 1. The van der Waals surface area contributed by atoms with Gasteiger partial charge >= 0.3 is 5.63 Å². The molecule has 1 aromatic rings. The van der Waals surface area contributed by atoms with Crippen molar-refractivity contribution < 1.29 is 14.3 Å². The minimum atomic E-state index is -1.18. The Hall–Kier alpha value is -1.07. The first-order chi connectivity index (χ1) is 15.3. The molecule has 6 heteroatoms. The summed E-state index contributed by atoms with van der Waals surface area (Å²) in [5.41, 5.74) is -0.388. The Morgan fingerprint density at radius 2 is 1.91 bits per heavy atom. The van der Waals surface area contributed by atoms with Gasteiger partial charge in [-0.1, -0.05) is 45.9 Å². The number of ether oxygens (including phenoxy) is 1. The first-order valence-corrected chi connectivity index (χ1v) is 12.7. The fourth-order valence-electron chi connectivity index (χ4n) is 8.33. The number of fused-ring (bicyclic) bond motifs is 5. The fourth-order valence-corrected chi connectivity index (χ4v) is 9.45. The monoisotopic (exact) mass is 492 g/mol. The number of halogens is 2. The molecule has 4 aliphatic carbocycles. The lowest BCUT2D eigenvalue weighted by molar-refractivity contribution is -0.105. The van der Waals surface area contributed by atoms with Gasteiger partial charge in [-0.05, 0) is 59.1 Å². The first kappa shape index (κ1) is 23.7. The van der Waals surface area contributed by atoms with Gasteiger partial charge in [-0.25, -0.2) is 4.79 Å². The molecule has 7 atom stereocenters. The van der Waals surface area contributed by atoms with E-state index in [4.69, 9.17) is 32.4 Å². The maximum Gasteiger partial charge on any atom is 0.335 e. The van der Waals surface area contributed by atoms with E-state index in [9.17, 15) is 9.90 Å². The molecule has 0 aliphatic heterocycles.